The maximum atomic E-state index is 4.85. The van der Waals surface area contributed by atoms with Crippen LogP contribution >= 0.6 is 12.4 Å². The zero-order valence-corrected chi connectivity index (χ0v) is 10.7. The van der Waals surface area contributed by atoms with Crippen LogP contribution in [0.4, 0.5) is 0 Å². The summed E-state index contributed by atoms with van der Waals surface area (Å²) in [6.45, 7) is 0.369. The van der Waals surface area contributed by atoms with E-state index in [2.05, 4.69) is 0 Å². The number of halogens is 1. The van der Waals surface area contributed by atoms with Crippen molar-refractivity contribution in [2.45, 2.75) is 55.1 Å². The Morgan fingerprint density at radius 1 is 0.733 bits per heavy atom. The molecule has 10 aliphatic heterocycles. The van der Waals surface area contributed by atoms with Gasteiger partial charge in [-0.25, -0.2) is 0 Å². The molecule has 0 amide bonds. The van der Waals surface area contributed by atoms with E-state index >= 15 is 0 Å². The van der Waals surface area contributed by atoms with Crippen molar-refractivity contribution in [2.24, 2.45) is 5.73 Å². The quantitative estimate of drug-likeness (QED) is 0.665. The molecule has 0 aliphatic carbocycles. The molecule has 10 heterocycles. The van der Waals surface area contributed by atoms with E-state index in [-0.39, 0.29) is 12.4 Å². The van der Waals surface area contributed by atoms with Gasteiger partial charge in [-0.3, -0.25) is 0 Å². The van der Waals surface area contributed by atoms with Crippen LogP contribution in [0.1, 0.15) is 6.92 Å². The van der Waals surface area contributed by atoms with Gasteiger partial charge >= 0.3 is 54.7 Å². The van der Waals surface area contributed by atoms with Gasteiger partial charge in [0.15, 0.2) is 0 Å². The third-order valence-electron chi connectivity index (χ3n) is 14.5. The topological polar surface area (TPSA) is 26.0 Å². The van der Waals surface area contributed by atoms with Gasteiger partial charge in [-0.1, -0.05) is 6.92 Å². The molecule has 0 atom stereocenters. The Labute approximate surface area is 86.2 Å². The Kier molecular flexibility index (Phi) is 0.210. The first-order valence-electron chi connectivity index (χ1n) is 6.49. The van der Waals surface area contributed by atoms with Gasteiger partial charge in [-0.2, -0.15) is 0 Å². The fourth-order valence-electron chi connectivity index (χ4n) is 15.8. The molecule has 0 aromatic heterocycles. The molecule has 10 saturated heterocycles. The molecular formula is C12H18ClFeN. The standard InChI is InChI=1S/2C5H5.C2H7N.ClH.Fe/c2*1-2-4-5-3-1;1-2-3;;/h2*1-5H;2-3H2,1H3;1H;. The molecule has 0 saturated carbocycles. The van der Waals surface area contributed by atoms with Crippen LogP contribution in [0.2, 0.25) is 48.2 Å². The number of hydrogen-bond donors (Lipinski definition) is 1. The predicted octanol–water partition coefficient (Wildman–Crippen LogP) is 3.76. The zero-order valence-electron chi connectivity index (χ0n) is 8.82. The van der Waals surface area contributed by atoms with Crippen molar-refractivity contribution in [1.82, 2.24) is 0 Å². The summed E-state index contributed by atoms with van der Waals surface area (Å²) < 4.78 is 0. The molecule has 1 nitrogen and oxygen atoms in total. The summed E-state index contributed by atoms with van der Waals surface area (Å²) in [4.78, 5) is 15.9. The van der Waals surface area contributed by atoms with Gasteiger partial charge < -0.3 is 5.73 Å². The van der Waals surface area contributed by atoms with Gasteiger partial charge in [0.25, 0.3) is 0 Å². The van der Waals surface area contributed by atoms with Crippen molar-refractivity contribution in [3.63, 3.8) is 0 Å². The van der Waals surface area contributed by atoms with Crippen LogP contribution in [0.25, 0.3) is 0 Å². The Bertz CT molecular complexity index is 598. The van der Waals surface area contributed by atoms with E-state index < -0.39 is 6.51 Å². The van der Waals surface area contributed by atoms with Crippen molar-refractivity contribution >= 4 is 12.4 Å². The molecule has 3 heteroatoms. The molecule has 0 radical (unpaired) electrons. The van der Waals surface area contributed by atoms with Crippen LogP contribution in [-0.2, 0) is 6.51 Å². The van der Waals surface area contributed by atoms with Crippen molar-refractivity contribution in [2.75, 3.05) is 6.54 Å². The van der Waals surface area contributed by atoms with Crippen LogP contribution < -0.4 is 5.73 Å². The minimum absolute atomic E-state index is 0. The van der Waals surface area contributed by atoms with Crippen molar-refractivity contribution in [1.29, 1.82) is 0 Å². The van der Waals surface area contributed by atoms with Crippen LogP contribution in [0.3, 0.4) is 0 Å². The van der Waals surface area contributed by atoms with Gasteiger partial charge in [0.1, 0.15) is 0 Å². The molecule has 10 fully saturated rings. The van der Waals surface area contributed by atoms with Gasteiger partial charge in [0.05, 0.1) is 0 Å². The van der Waals surface area contributed by atoms with Gasteiger partial charge in [-0.15, -0.1) is 12.4 Å². The molecule has 1 spiro atoms. The normalized spacial score (nSPS) is 127. The van der Waals surface area contributed by atoms with Crippen molar-refractivity contribution < 1.29 is 6.51 Å². The molecule has 2 N–H and O–H groups in total. The van der Waals surface area contributed by atoms with Crippen LogP contribution in [-0.4, -0.2) is 6.54 Å². The molecule has 0 bridgehead atoms. The second-order valence-electron chi connectivity index (χ2n) is 9.99. The second-order valence-corrected chi connectivity index (χ2v) is 33.9. The SMILES string of the molecule is CCN.Cl.[CH]12[CH]3[CH]4[CH]5[CH]1[Fe]23451678[CH]2[CH]1[CH]6[CH]7[CH]28. The Morgan fingerprint density at radius 3 is 0.867 bits per heavy atom. The fraction of sp³-hybridized carbons (Fsp3) is 1.00. The average Bonchev–Trinajstić information content (AvgIpc) is 3.15. The first-order valence-corrected chi connectivity index (χ1v) is 12.9. The summed E-state index contributed by atoms with van der Waals surface area (Å²) in [5.41, 5.74) is 4.85. The number of hydrogen-bond acceptors (Lipinski definition) is 1. The van der Waals surface area contributed by atoms with Gasteiger partial charge in [0, 0.05) is 0 Å². The zero-order chi connectivity index (χ0) is 8.80. The predicted molar refractivity (Wildman–Crippen MR) is 59.5 cm³/mol. The second kappa shape index (κ2) is 0.475. The summed E-state index contributed by atoms with van der Waals surface area (Å²) in [7, 11) is 0. The van der Waals surface area contributed by atoms with Crippen LogP contribution in [0, 0.1) is 0 Å². The van der Waals surface area contributed by atoms with Gasteiger partial charge in [0.2, 0.25) is 0 Å². The first kappa shape index (κ1) is 6.64. The summed E-state index contributed by atoms with van der Waals surface area (Å²) in [6.07, 6.45) is 0. The molecule has 0 aromatic rings. The summed E-state index contributed by atoms with van der Waals surface area (Å²) in [5.74, 6) is 0. The van der Waals surface area contributed by atoms with E-state index in [1.807, 2.05) is 6.92 Å². The summed E-state index contributed by atoms with van der Waals surface area (Å²) in [5, 5.41) is 0. The Balaban J connectivity index is 0.000000126. The number of nitrogens with two attached hydrogens (primary N) is 1. The molecule has 10 aliphatic rings. The third kappa shape index (κ3) is 0.0597. The molecule has 15 heavy (non-hydrogen) atoms. The Morgan fingerprint density at radius 2 is 0.867 bits per heavy atom. The molecule has 0 unspecified atom stereocenters. The van der Waals surface area contributed by atoms with E-state index in [0.717, 1.165) is 6.54 Å². The molecule has 10 rings (SSSR count). The molecule has 0 aromatic carbocycles. The van der Waals surface area contributed by atoms with E-state index in [4.69, 9.17) is 5.73 Å². The van der Waals surface area contributed by atoms with Crippen molar-refractivity contribution in [3.8, 4) is 0 Å². The number of rotatable bonds is 0. The fourth-order valence-corrected chi connectivity index (χ4v) is 88.0. The van der Waals surface area contributed by atoms with Crippen LogP contribution in [0.5, 0.6) is 0 Å². The molecule has 86 valence electrons. The molecular weight excluding hydrogens is 249 g/mol. The average molecular weight is 268 g/mol. The Hall–Kier alpha value is 0.769. The first-order chi connectivity index (χ1) is 6.57. The summed E-state index contributed by atoms with van der Waals surface area (Å²) >= 11 is 0. The van der Waals surface area contributed by atoms with Crippen molar-refractivity contribution in [3.05, 3.63) is 0 Å². The monoisotopic (exact) mass is 267 g/mol. The van der Waals surface area contributed by atoms with E-state index in [9.17, 15) is 0 Å². The van der Waals surface area contributed by atoms with E-state index in [1.165, 1.54) is 0 Å². The minimum atomic E-state index is -2.28. The van der Waals surface area contributed by atoms with Gasteiger partial charge in [-0.05, 0) is 6.54 Å². The van der Waals surface area contributed by atoms with Crippen LogP contribution in [0.15, 0.2) is 0 Å². The summed E-state index contributed by atoms with van der Waals surface area (Å²) in [6, 6.07) is 0. The maximum absolute atomic E-state index is 4.85. The van der Waals surface area contributed by atoms with E-state index in [1.54, 1.807) is 48.2 Å². The third-order valence-corrected chi connectivity index (χ3v) is 56.5. The number of fused-ring (bicyclic) bond motifs is 10. The van der Waals surface area contributed by atoms with E-state index in [0.29, 0.717) is 0 Å².